The minimum absolute atomic E-state index is 0.0979. The summed E-state index contributed by atoms with van der Waals surface area (Å²) in [7, 11) is 0. The van der Waals surface area contributed by atoms with Gasteiger partial charge in [0, 0.05) is 24.9 Å². The van der Waals surface area contributed by atoms with Crippen LogP contribution in [0.5, 0.6) is 17.5 Å². The first-order chi connectivity index (χ1) is 13.7. The number of para-hydroxylation sites is 1. The quantitative estimate of drug-likeness (QED) is 0.587. The Morgan fingerprint density at radius 3 is 2.43 bits per heavy atom. The maximum absolute atomic E-state index is 12.5. The van der Waals surface area contributed by atoms with Gasteiger partial charge in [-0.15, -0.1) is 0 Å². The van der Waals surface area contributed by atoms with Crippen LogP contribution in [0.3, 0.4) is 0 Å². The van der Waals surface area contributed by atoms with Crippen molar-refractivity contribution in [3.05, 3.63) is 72.6 Å². The zero-order valence-corrected chi connectivity index (χ0v) is 15.4. The molecule has 0 N–H and O–H groups in total. The molecule has 0 aliphatic heterocycles. The first-order valence-corrected chi connectivity index (χ1v) is 8.77. The molecule has 1 amide bonds. The van der Waals surface area contributed by atoms with Crippen molar-refractivity contribution < 1.29 is 18.7 Å². The lowest BCUT2D eigenvalue weighted by Crippen LogP contribution is -2.28. The summed E-state index contributed by atoms with van der Waals surface area (Å²) in [6, 6.07) is 16.2. The molecule has 2 aromatic heterocycles. The number of benzene rings is 1. The zero-order valence-electron chi connectivity index (χ0n) is 15.4. The molecule has 144 valence electrons. The molecular formula is C21H20FN3O3. The van der Waals surface area contributed by atoms with Gasteiger partial charge in [-0.3, -0.25) is 4.79 Å². The van der Waals surface area contributed by atoms with Crippen molar-refractivity contribution in [2.75, 3.05) is 18.2 Å². The Morgan fingerprint density at radius 2 is 1.71 bits per heavy atom. The number of ether oxygens (including phenoxy) is 2. The van der Waals surface area contributed by atoms with Gasteiger partial charge in [0.1, 0.15) is 24.7 Å². The topological polar surface area (TPSA) is 64.6 Å². The Bertz CT molecular complexity index is 922. The minimum atomic E-state index is -0.621. The summed E-state index contributed by atoms with van der Waals surface area (Å²) < 4.78 is 23.7. The van der Waals surface area contributed by atoms with Crippen LogP contribution >= 0.6 is 0 Å². The Hall–Kier alpha value is -3.48. The Kier molecular flexibility index (Phi) is 6.51. The number of rotatable bonds is 8. The van der Waals surface area contributed by atoms with Gasteiger partial charge in [0.15, 0.2) is 0 Å². The predicted octanol–water partition coefficient (Wildman–Crippen LogP) is 4.17. The number of alkyl halides is 1. The van der Waals surface area contributed by atoms with Crippen molar-refractivity contribution in [3.63, 3.8) is 0 Å². The number of hydrogen-bond acceptors (Lipinski definition) is 5. The van der Waals surface area contributed by atoms with Crippen molar-refractivity contribution in [2.24, 2.45) is 0 Å². The standard InChI is InChI=1S/C21H20FN3O3/c1-16(26)25(15-17-7-5-12-23-20(17)27-14-11-22)19-10-6-13-24-21(19)28-18-8-3-2-4-9-18/h2-10,12-13H,11,14-15H2,1H3/i22-1. The first kappa shape index (κ1) is 19.3. The third-order valence-electron chi connectivity index (χ3n) is 3.87. The van der Waals surface area contributed by atoms with E-state index in [-0.39, 0.29) is 19.1 Å². The molecule has 0 saturated carbocycles. The van der Waals surface area contributed by atoms with E-state index in [0.717, 1.165) is 0 Å². The molecule has 7 heteroatoms. The predicted molar refractivity (Wildman–Crippen MR) is 103 cm³/mol. The molecule has 0 spiro atoms. The molecule has 0 fully saturated rings. The monoisotopic (exact) mass is 380 g/mol. The lowest BCUT2D eigenvalue weighted by atomic mass is 10.2. The molecule has 0 radical (unpaired) electrons. The smallest absolute Gasteiger partial charge is 0.243 e. The van der Waals surface area contributed by atoms with Crippen LogP contribution in [-0.2, 0) is 11.3 Å². The first-order valence-electron chi connectivity index (χ1n) is 8.77. The Labute approximate surface area is 162 Å². The third-order valence-corrected chi connectivity index (χ3v) is 3.87. The second kappa shape index (κ2) is 9.45. The average molecular weight is 380 g/mol. The summed E-state index contributed by atoms with van der Waals surface area (Å²) in [5.74, 6) is 1.00. The van der Waals surface area contributed by atoms with Gasteiger partial charge in [0.2, 0.25) is 17.7 Å². The van der Waals surface area contributed by atoms with Gasteiger partial charge in [0.25, 0.3) is 0 Å². The van der Waals surface area contributed by atoms with Crippen molar-refractivity contribution in [3.8, 4) is 17.5 Å². The summed E-state index contributed by atoms with van der Waals surface area (Å²) in [5.41, 5.74) is 1.17. The SMILES string of the molecule is CC(=O)N(Cc1cccnc1OCC[18F])c1cccnc1Oc1ccccc1. The molecule has 6 nitrogen and oxygen atoms in total. The molecule has 0 unspecified atom stereocenters. The molecule has 3 rings (SSSR count). The number of aromatic nitrogens is 2. The van der Waals surface area contributed by atoms with Gasteiger partial charge >= 0.3 is 0 Å². The van der Waals surface area contributed by atoms with E-state index in [1.54, 1.807) is 48.8 Å². The fourth-order valence-electron chi connectivity index (χ4n) is 2.61. The summed E-state index contributed by atoms with van der Waals surface area (Å²) in [6.07, 6.45) is 3.16. The maximum atomic E-state index is 12.5. The molecule has 1 aromatic carbocycles. The minimum Gasteiger partial charge on any atom is -0.475 e. The van der Waals surface area contributed by atoms with Gasteiger partial charge in [-0.25, -0.2) is 14.4 Å². The molecule has 28 heavy (non-hydrogen) atoms. The van der Waals surface area contributed by atoms with E-state index < -0.39 is 6.67 Å². The van der Waals surface area contributed by atoms with Crippen molar-refractivity contribution in [1.29, 1.82) is 0 Å². The molecule has 0 atom stereocenters. The van der Waals surface area contributed by atoms with Crippen LogP contribution in [-0.4, -0.2) is 29.2 Å². The molecule has 0 saturated heterocycles. The van der Waals surface area contributed by atoms with E-state index in [1.807, 2.05) is 18.2 Å². The van der Waals surface area contributed by atoms with Crippen LogP contribution in [0.4, 0.5) is 10.1 Å². The number of carbonyl (C=O) groups is 1. The second-order valence-corrected chi connectivity index (χ2v) is 5.85. The molecule has 3 aromatic rings. The lowest BCUT2D eigenvalue weighted by Gasteiger charge is -2.23. The molecule has 0 bridgehead atoms. The van der Waals surface area contributed by atoms with Gasteiger partial charge in [-0.05, 0) is 30.3 Å². The average Bonchev–Trinajstić information content (AvgIpc) is 2.72. The number of pyridine rings is 2. The Balaban J connectivity index is 1.91. The van der Waals surface area contributed by atoms with E-state index in [2.05, 4.69) is 9.97 Å². The maximum Gasteiger partial charge on any atom is 0.243 e. The van der Waals surface area contributed by atoms with Gasteiger partial charge < -0.3 is 14.4 Å². The molecule has 0 aliphatic carbocycles. The summed E-state index contributed by atoms with van der Waals surface area (Å²) >= 11 is 0. The largest absolute Gasteiger partial charge is 0.475 e. The second-order valence-electron chi connectivity index (χ2n) is 5.85. The van der Waals surface area contributed by atoms with Crippen molar-refractivity contribution in [2.45, 2.75) is 13.5 Å². The highest BCUT2D eigenvalue weighted by atomic mass is 18.2. The van der Waals surface area contributed by atoms with E-state index in [4.69, 9.17) is 9.47 Å². The highest BCUT2D eigenvalue weighted by Crippen LogP contribution is 2.32. The van der Waals surface area contributed by atoms with Crippen molar-refractivity contribution in [1.82, 2.24) is 9.97 Å². The lowest BCUT2D eigenvalue weighted by molar-refractivity contribution is -0.116. The fourth-order valence-corrected chi connectivity index (χ4v) is 2.61. The normalized spacial score (nSPS) is 10.4. The van der Waals surface area contributed by atoms with Crippen LogP contribution < -0.4 is 14.4 Å². The van der Waals surface area contributed by atoms with E-state index in [1.165, 1.54) is 11.8 Å². The number of amides is 1. The summed E-state index contributed by atoms with van der Waals surface area (Å²) in [4.78, 5) is 22.3. The van der Waals surface area contributed by atoms with E-state index >= 15 is 0 Å². The summed E-state index contributed by atoms with van der Waals surface area (Å²) in [5, 5.41) is 0. The molecule has 0 aliphatic rings. The number of anilines is 1. The third kappa shape index (κ3) is 4.82. The highest BCUT2D eigenvalue weighted by Gasteiger charge is 2.20. The zero-order chi connectivity index (χ0) is 19.8. The van der Waals surface area contributed by atoms with Crippen LogP contribution in [0.25, 0.3) is 0 Å². The summed E-state index contributed by atoms with van der Waals surface area (Å²) in [6.45, 7) is 0.919. The molecule has 2 heterocycles. The number of nitrogens with zero attached hydrogens (tertiary/aromatic N) is 3. The molecular weight excluding hydrogens is 360 g/mol. The van der Waals surface area contributed by atoms with E-state index in [9.17, 15) is 9.18 Å². The van der Waals surface area contributed by atoms with Crippen LogP contribution in [0.15, 0.2) is 67.0 Å². The fraction of sp³-hybridized carbons (Fsp3) is 0.190. The number of hydrogen-bond donors (Lipinski definition) is 0. The Morgan fingerprint density at radius 1 is 1.00 bits per heavy atom. The van der Waals surface area contributed by atoms with Crippen LogP contribution in [0, 0.1) is 0 Å². The number of carbonyl (C=O) groups excluding carboxylic acids is 1. The van der Waals surface area contributed by atoms with E-state index in [0.29, 0.717) is 28.8 Å². The highest BCUT2D eigenvalue weighted by molar-refractivity contribution is 5.92. The van der Waals surface area contributed by atoms with Crippen LogP contribution in [0.2, 0.25) is 0 Å². The van der Waals surface area contributed by atoms with Gasteiger partial charge in [-0.2, -0.15) is 0 Å². The van der Waals surface area contributed by atoms with Gasteiger partial charge in [0.05, 0.1) is 6.54 Å². The number of halogens is 1. The van der Waals surface area contributed by atoms with Crippen LogP contribution in [0.1, 0.15) is 12.5 Å². The van der Waals surface area contributed by atoms with Crippen molar-refractivity contribution >= 4 is 11.6 Å². The van der Waals surface area contributed by atoms with Gasteiger partial charge in [-0.1, -0.05) is 24.3 Å².